The van der Waals surface area contributed by atoms with Gasteiger partial charge in [0.2, 0.25) is 0 Å². The minimum absolute atomic E-state index is 0.140. The van der Waals surface area contributed by atoms with Gasteiger partial charge in [-0.1, -0.05) is 13.8 Å². The molecule has 1 aromatic carbocycles. The van der Waals surface area contributed by atoms with E-state index >= 15 is 0 Å². The average Bonchev–Trinajstić information content (AvgIpc) is 2.44. The van der Waals surface area contributed by atoms with Crippen molar-refractivity contribution in [2.24, 2.45) is 0 Å². The lowest BCUT2D eigenvalue weighted by atomic mass is 10.2. The number of carbonyl (C=O) groups is 1. The molecule has 0 heterocycles. The summed E-state index contributed by atoms with van der Waals surface area (Å²) in [7, 11) is 0. The second kappa shape index (κ2) is 8.59. The van der Waals surface area contributed by atoms with Gasteiger partial charge in [-0.15, -0.1) is 0 Å². The first-order chi connectivity index (χ1) is 9.56. The first-order valence-corrected chi connectivity index (χ1v) is 7.29. The SMILES string of the molecule is CCN(CC)CCCC(C)Oc1ccc(C(=O)O)cc1. The van der Waals surface area contributed by atoms with Crippen LogP contribution in [-0.4, -0.2) is 41.7 Å². The van der Waals surface area contributed by atoms with Gasteiger partial charge in [0.05, 0.1) is 11.7 Å². The number of hydrogen-bond donors (Lipinski definition) is 1. The van der Waals surface area contributed by atoms with Crippen LogP contribution in [0.4, 0.5) is 0 Å². The highest BCUT2D eigenvalue weighted by Gasteiger charge is 2.07. The lowest BCUT2D eigenvalue weighted by Crippen LogP contribution is -2.25. The van der Waals surface area contributed by atoms with Gasteiger partial charge in [-0.25, -0.2) is 4.79 Å². The first-order valence-electron chi connectivity index (χ1n) is 7.29. The molecule has 0 bridgehead atoms. The predicted octanol–water partition coefficient (Wildman–Crippen LogP) is 3.27. The Bertz CT molecular complexity index is 399. The Labute approximate surface area is 121 Å². The molecule has 0 aliphatic heterocycles. The number of benzene rings is 1. The van der Waals surface area contributed by atoms with Crippen LogP contribution in [0.3, 0.4) is 0 Å². The Morgan fingerprint density at radius 3 is 2.35 bits per heavy atom. The van der Waals surface area contributed by atoms with Gasteiger partial charge in [-0.05, 0) is 63.7 Å². The number of carboxylic acids is 1. The summed E-state index contributed by atoms with van der Waals surface area (Å²) in [4.78, 5) is 13.1. The number of aromatic carboxylic acids is 1. The third kappa shape index (κ3) is 5.61. The van der Waals surface area contributed by atoms with Crippen molar-refractivity contribution in [3.05, 3.63) is 29.8 Å². The summed E-state index contributed by atoms with van der Waals surface area (Å²) in [6.07, 6.45) is 2.24. The van der Waals surface area contributed by atoms with Crippen molar-refractivity contribution < 1.29 is 14.6 Å². The lowest BCUT2D eigenvalue weighted by molar-refractivity contribution is 0.0697. The van der Waals surface area contributed by atoms with Crippen LogP contribution in [0.2, 0.25) is 0 Å². The topological polar surface area (TPSA) is 49.8 Å². The van der Waals surface area contributed by atoms with Gasteiger partial charge in [0.15, 0.2) is 0 Å². The molecule has 1 aromatic rings. The fourth-order valence-corrected chi connectivity index (χ4v) is 2.11. The van der Waals surface area contributed by atoms with Gasteiger partial charge in [-0.3, -0.25) is 0 Å². The predicted molar refractivity (Wildman–Crippen MR) is 80.5 cm³/mol. The van der Waals surface area contributed by atoms with Crippen LogP contribution >= 0.6 is 0 Å². The van der Waals surface area contributed by atoms with Gasteiger partial charge >= 0.3 is 5.97 Å². The molecule has 0 spiro atoms. The van der Waals surface area contributed by atoms with Crippen molar-refractivity contribution in [2.75, 3.05) is 19.6 Å². The second-order valence-corrected chi connectivity index (χ2v) is 4.93. The summed E-state index contributed by atoms with van der Waals surface area (Å²) in [5.41, 5.74) is 0.284. The molecular weight excluding hydrogens is 254 g/mol. The maximum atomic E-state index is 10.8. The van der Waals surface area contributed by atoms with Crippen LogP contribution in [0.5, 0.6) is 5.75 Å². The third-order valence-corrected chi connectivity index (χ3v) is 3.42. The van der Waals surface area contributed by atoms with Crippen molar-refractivity contribution >= 4 is 5.97 Å². The van der Waals surface area contributed by atoms with Crippen molar-refractivity contribution in [1.29, 1.82) is 0 Å². The van der Waals surface area contributed by atoms with E-state index in [0.29, 0.717) is 0 Å². The third-order valence-electron chi connectivity index (χ3n) is 3.42. The zero-order chi connectivity index (χ0) is 15.0. The first kappa shape index (κ1) is 16.5. The largest absolute Gasteiger partial charge is 0.491 e. The molecule has 4 nitrogen and oxygen atoms in total. The van der Waals surface area contributed by atoms with E-state index in [0.717, 1.165) is 38.2 Å². The summed E-state index contributed by atoms with van der Waals surface area (Å²) >= 11 is 0. The van der Waals surface area contributed by atoms with E-state index in [1.165, 1.54) is 0 Å². The summed E-state index contributed by atoms with van der Waals surface area (Å²) in [5.74, 6) is -0.186. The molecule has 0 aromatic heterocycles. The van der Waals surface area contributed by atoms with E-state index < -0.39 is 5.97 Å². The van der Waals surface area contributed by atoms with E-state index in [9.17, 15) is 4.79 Å². The van der Waals surface area contributed by atoms with Crippen LogP contribution in [0.1, 0.15) is 44.0 Å². The van der Waals surface area contributed by atoms with Crippen LogP contribution in [0.15, 0.2) is 24.3 Å². The van der Waals surface area contributed by atoms with E-state index in [-0.39, 0.29) is 11.7 Å². The monoisotopic (exact) mass is 279 g/mol. The fraction of sp³-hybridized carbons (Fsp3) is 0.562. The number of carboxylic acid groups (broad SMARTS) is 1. The lowest BCUT2D eigenvalue weighted by Gasteiger charge is -2.20. The molecule has 0 radical (unpaired) electrons. The Hall–Kier alpha value is -1.55. The molecule has 1 atom stereocenters. The van der Waals surface area contributed by atoms with Gasteiger partial charge in [-0.2, -0.15) is 0 Å². The zero-order valence-electron chi connectivity index (χ0n) is 12.6. The second-order valence-electron chi connectivity index (χ2n) is 4.93. The van der Waals surface area contributed by atoms with Crippen molar-refractivity contribution in [2.45, 2.75) is 39.7 Å². The number of rotatable bonds is 9. The summed E-state index contributed by atoms with van der Waals surface area (Å²) in [6.45, 7) is 9.66. The highest BCUT2D eigenvalue weighted by Crippen LogP contribution is 2.15. The van der Waals surface area contributed by atoms with Gasteiger partial charge in [0.1, 0.15) is 5.75 Å². The van der Waals surface area contributed by atoms with Gasteiger partial charge in [0, 0.05) is 0 Å². The smallest absolute Gasteiger partial charge is 0.335 e. The van der Waals surface area contributed by atoms with Crippen LogP contribution in [0, 0.1) is 0 Å². The van der Waals surface area contributed by atoms with E-state index in [2.05, 4.69) is 18.7 Å². The highest BCUT2D eigenvalue weighted by molar-refractivity contribution is 5.87. The maximum Gasteiger partial charge on any atom is 0.335 e. The molecule has 20 heavy (non-hydrogen) atoms. The van der Waals surface area contributed by atoms with E-state index in [1.54, 1.807) is 24.3 Å². The van der Waals surface area contributed by atoms with Gasteiger partial charge < -0.3 is 14.7 Å². The van der Waals surface area contributed by atoms with E-state index in [1.807, 2.05) is 6.92 Å². The Morgan fingerprint density at radius 1 is 1.25 bits per heavy atom. The standard InChI is InChI=1S/C16H25NO3/c1-4-17(5-2)12-6-7-13(3)20-15-10-8-14(9-11-15)16(18)19/h8-11,13H,4-7,12H2,1-3H3,(H,18,19). The van der Waals surface area contributed by atoms with Crippen LogP contribution in [-0.2, 0) is 0 Å². The quantitative estimate of drug-likeness (QED) is 0.753. The fourth-order valence-electron chi connectivity index (χ4n) is 2.11. The Morgan fingerprint density at radius 2 is 1.85 bits per heavy atom. The number of ether oxygens (including phenoxy) is 1. The van der Waals surface area contributed by atoms with Crippen molar-refractivity contribution in [3.63, 3.8) is 0 Å². The molecule has 1 rings (SSSR count). The van der Waals surface area contributed by atoms with Gasteiger partial charge in [0.25, 0.3) is 0 Å². The minimum atomic E-state index is -0.913. The maximum absolute atomic E-state index is 10.8. The molecule has 1 unspecified atom stereocenters. The molecule has 112 valence electrons. The van der Waals surface area contributed by atoms with Crippen molar-refractivity contribution in [3.8, 4) is 5.75 Å². The van der Waals surface area contributed by atoms with Crippen molar-refractivity contribution in [1.82, 2.24) is 4.90 Å². The highest BCUT2D eigenvalue weighted by atomic mass is 16.5. The molecule has 1 N–H and O–H groups in total. The molecular formula is C16H25NO3. The Balaban J connectivity index is 2.34. The molecule has 0 saturated carbocycles. The zero-order valence-corrected chi connectivity index (χ0v) is 12.6. The van der Waals surface area contributed by atoms with Crippen LogP contribution < -0.4 is 4.74 Å². The van der Waals surface area contributed by atoms with Crippen LogP contribution in [0.25, 0.3) is 0 Å². The Kier molecular flexibility index (Phi) is 7.09. The molecule has 0 aliphatic rings. The number of nitrogens with zero attached hydrogens (tertiary/aromatic N) is 1. The molecule has 0 amide bonds. The summed E-state index contributed by atoms with van der Waals surface area (Å²) in [5, 5.41) is 8.83. The number of hydrogen-bond acceptors (Lipinski definition) is 3. The average molecular weight is 279 g/mol. The molecule has 4 heteroatoms. The minimum Gasteiger partial charge on any atom is -0.491 e. The summed E-state index contributed by atoms with van der Waals surface area (Å²) < 4.78 is 5.79. The van der Waals surface area contributed by atoms with E-state index in [4.69, 9.17) is 9.84 Å². The summed E-state index contributed by atoms with van der Waals surface area (Å²) in [6, 6.07) is 6.56. The molecule has 0 saturated heterocycles. The molecule has 0 aliphatic carbocycles. The normalized spacial score (nSPS) is 12.4. The molecule has 0 fully saturated rings.